The van der Waals surface area contributed by atoms with Crippen LogP contribution in [0.2, 0.25) is 0 Å². The highest BCUT2D eigenvalue weighted by molar-refractivity contribution is 5.95. The molecule has 1 aromatic carbocycles. The lowest BCUT2D eigenvalue weighted by atomic mass is 9.92. The first-order chi connectivity index (χ1) is 9.15. The van der Waals surface area contributed by atoms with Crippen LogP contribution >= 0.6 is 12.4 Å². The summed E-state index contributed by atoms with van der Waals surface area (Å²) in [5, 5.41) is 3.54. The molecule has 0 aromatic heterocycles. The van der Waals surface area contributed by atoms with Crippen molar-refractivity contribution < 1.29 is 4.79 Å². The summed E-state index contributed by atoms with van der Waals surface area (Å²) < 4.78 is 0. The van der Waals surface area contributed by atoms with Crippen molar-refractivity contribution in [3.8, 4) is 0 Å². The number of benzene rings is 1. The van der Waals surface area contributed by atoms with Crippen LogP contribution in [0.15, 0.2) is 18.2 Å². The molecule has 0 aliphatic carbocycles. The SMILES string of the molecule is Cc1ccc(C(=O)N2CCC3NCCC3C2)c(C)c1.Cl. The molecule has 3 nitrogen and oxygen atoms in total. The van der Waals surface area contributed by atoms with Crippen molar-refractivity contribution in [2.45, 2.75) is 32.7 Å². The van der Waals surface area contributed by atoms with E-state index in [0.717, 1.165) is 37.2 Å². The summed E-state index contributed by atoms with van der Waals surface area (Å²) in [5.74, 6) is 0.867. The largest absolute Gasteiger partial charge is 0.338 e. The number of carbonyl (C=O) groups is 1. The maximum Gasteiger partial charge on any atom is 0.254 e. The molecule has 2 unspecified atom stereocenters. The maximum absolute atomic E-state index is 12.6. The van der Waals surface area contributed by atoms with Gasteiger partial charge in [0.1, 0.15) is 0 Å². The monoisotopic (exact) mass is 294 g/mol. The minimum Gasteiger partial charge on any atom is -0.338 e. The second-order valence-electron chi connectivity index (χ2n) is 5.97. The quantitative estimate of drug-likeness (QED) is 0.863. The van der Waals surface area contributed by atoms with E-state index in [1.54, 1.807) is 0 Å². The highest BCUT2D eigenvalue weighted by Crippen LogP contribution is 2.26. The van der Waals surface area contributed by atoms with Gasteiger partial charge in [0, 0.05) is 24.7 Å². The van der Waals surface area contributed by atoms with E-state index in [4.69, 9.17) is 0 Å². The summed E-state index contributed by atoms with van der Waals surface area (Å²) in [4.78, 5) is 14.7. The fourth-order valence-corrected chi connectivity index (χ4v) is 3.46. The lowest BCUT2D eigenvalue weighted by Gasteiger charge is -2.35. The molecule has 1 amide bonds. The molecular weight excluding hydrogens is 272 g/mol. The summed E-state index contributed by atoms with van der Waals surface area (Å²) in [6, 6.07) is 6.75. The van der Waals surface area contributed by atoms with E-state index in [1.165, 1.54) is 12.0 Å². The Morgan fingerprint density at radius 1 is 1.30 bits per heavy atom. The zero-order chi connectivity index (χ0) is 13.4. The minimum absolute atomic E-state index is 0. The van der Waals surface area contributed by atoms with Gasteiger partial charge in [-0.25, -0.2) is 0 Å². The number of nitrogens with one attached hydrogen (secondary N) is 1. The lowest BCUT2D eigenvalue weighted by Crippen LogP contribution is -2.47. The summed E-state index contributed by atoms with van der Waals surface area (Å²) in [5.41, 5.74) is 3.18. The van der Waals surface area contributed by atoms with E-state index < -0.39 is 0 Å². The fraction of sp³-hybridized carbons (Fsp3) is 0.562. The van der Waals surface area contributed by atoms with Gasteiger partial charge >= 0.3 is 0 Å². The molecule has 0 radical (unpaired) electrons. The van der Waals surface area contributed by atoms with Gasteiger partial charge in [-0.15, -0.1) is 12.4 Å². The van der Waals surface area contributed by atoms with Gasteiger partial charge in [-0.3, -0.25) is 4.79 Å². The third kappa shape index (κ3) is 2.84. The summed E-state index contributed by atoms with van der Waals surface area (Å²) >= 11 is 0. The molecule has 0 bridgehead atoms. The highest BCUT2D eigenvalue weighted by atomic mass is 35.5. The van der Waals surface area contributed by atoms with Crippen LogP contribution in [-0.4, -0.2) is 36.5 Å². The Balaban J connectivity index is 0.00000147. The minimum atomic E-state index is 0. The number of halogens is 1. The van der Waals surface area contributed by atoms with Gasteiger partial charge in [0.15, 0.2) is 0 Å². The van der Waals surface area contributed by atoms with E-state index in [9.17, 15) is 4.79 Å². The van der Waals surface area contributed by atoms with Crippen LogP contribution in [0.4, 0.5) is 0 Å². The van der Waals surface area contributed by atoms with Crippen molar-refractivity contribution in [3.63, 3.8) is 0 Å². The van der Waals surface area contributed by atoms with Crippen LogP contribution in [0.25, 0.3) is 0 Å². The Kier molecular flexibility index (Phi) is 4.71. The van der Waals surface area contributed by atoms with Gasteiger partial charge in [-0.05, 0) is 50.8 Å². The Bertz CT molecular complexity index is 503. The first-order valence-electron chi connectivity index (χ1n) is 7.25. The molecule has 110 valence electrons. The fourth-order valence-electron chi connectivity index (χ4n) is 3.46. The van der Waals surface area contributed by atoms with E-state index in [2.05, 4.69) is 18.3 Å². The molecule has 0 saturated carbocycles. The maximum atomic E-state index is 12.6. The van der Waals surface area contributed by atoms with Gasteiger partial charge in [-0.1, -0.05) is 17.7 Å². The zero-order valence-corrected chi connectivity index (χ0v) is 13.0. The molecule has 2 atom stereocenters. The Morgan fingerprint density at radius 2 is 2.10 bits per heavy atom. The number of likely N-dealkylation sites (tertiary alicyclic amines) is 1. The van der Waals surface area contributed by atoms with Crippen molar-refractivity contribution in [1.82, 2.24) is 10.2 Å². The topological polar surface area (TPSA) is 32.3 Å². The second-order valence-corrected chi connectivity index (χ2v) is 5.97. The van der Waals surface area contributed by atoms with Gasteiger partial charge in [-0.2, -0.15) is 0 Å². The van der Waals surface area contributed by atoms with Crippen molar-refractivity contribution in [2.75, 3.05) is 19.6 Å². The van der Waals surface area contributed by atoms with Crippen molar-refractivity contribution in [1.29, 1.82) is 0 Å². The van der Waals surface area contributed by atoms with Gasteiger partial charge in [0.05, 0.1) is 0 Å². The van der Waals surface area contributed by atoms with E-state index in [0.29, 0.717) is 12.0 Å². The summed E-state index contributed by atoms with van der Waals surface area (Å²) in [6.45, 7) is 7.02. The normalized spacial score (nSPS) is 25.0. The van der Waals surface area contributed by atoms with Crippen LogP contribution in [0, 0.1) is 19.8 Å². The number of aryl methyl sites for hydroxylation is 2. The average molecular weight is 295 g/mol. The first kappa shape index (κ1) is 15.3. The number of carbonyl (C=O) groups excluding carboxylic acids is 1. The molecule has 1 aromatic rings. The zero-order valence-electron chi connectivity index (χ0n) is 12.2. The van der Waals surface area contributed by atoms with Gasteiger partial charge in [0.25, 0.3) is 5.91 Å². The summed E-state index contributed by atoms with van der Waals surface area (Å²) in [7, 11) is 0. The Morgan fingerprint density at radius 3 is 2.85 bits per heavy atom. The smallest absolute Gasteiger partial charge is 0.254 e. The van der Waals surface area contributed by atoms with Crippen LogP contribution < -0.4 is 5.32 Å². The van der Waals surface area contributed by atoms with Gasteiger partial charge < -0.3 is 10.2 Å². The van der Waals surface area contributed by atoms with Gasteiger partial charge in [0.2, 0.25) is 0 Å². The number of rotatable bonds is 1. The van der Waals surface area contributed by atoms with Crippen molar-refractivity contribution in [2.24, 2.45) is 5.92 Å². The molecule has 2 aliphatic heterocycles. The predicted molar refractivity (Wildman–Crippen MR) is 83.6 cm³/mol. The van der Waals surface area contributed by atoms with Crippen LogP contribution in [0.1, 0.15) is 34.3 Å². The molecular formula is C16H23ClN2O. The number of fused-ring (bicyclic) bond motifs is 1. The third-order valence-electron chi connectivity index (χ3n) is 4.56. The number of nitrogens with zero attached hydrogens (tertiary/aromatic N) is 1. The average Bonchev–Trinajstić information content (AvgIpc) is 2.85. The molecule has 2 aliphatic rings. The van der Waals surface area contributed by atoms with Crippen LogP contribution in [-0.2, 0) is 0 Å². The first-order valence-corrected chi connectivity index (χ1v) is 7.25. The van der Waals surface area contributed by atoms with E-state index in [-0.39, 0.29) is 18.3 Å². The number of hydrogen-bond acceptors (Lipinski definition) is 2. The van der Waals surface area contributed by atoms with Crippen molar-refractivity contribution in [3.05, 3.63) is 34.9 Å². The molecule has 4 heteroatoms. The molecule has 2 fully saturated rings. The third-order valence-corrected chi connectivity index (χ3v) is 4.56. The molecule has 20 heavy (non-hydrogen) atoms. The number of hydrogen-bond donors (Lipinski definition) is 1. The molecule has 1 N–H and O–H groups in total. The Hall–Kier alpha value is -1.06. The predicted octanol–water partition coefficient (Wildman–Crippen LogP) is 2.55. The number of amides is 1. The number of piperidine rings is 1. The van der Waals surface area contributed by atoms with Crippen molar-refractivity contribution >= 4 is 18.3 Å². The molecule has 2 saturated heterocycles. The molecule has 3 rings (SSSR count). The second kappa shape index (κ2) is 6.15. The lowest BCUT2D eigenvalue weighted by molar-refractivity contribution is 0.0661. The van der Waals surface area contributed by atoms with E-state index in [1.807, 2.05) is 24.0 Å². The molecule has 0 spiro atoms. The van der Waals surface area contributed by atoms with Crippen LogP contribution in [0.5, 0.6) is 0 Å². The van der Waals surface area contributed by atoms with Crippen LogP contribution in [0.3, 0.4) is 0 Å². The Labute approximate surface area is 127 Å². The highest BCUT2D eigenvalue weighted by Gasteiger charge is 2.34. The summed E-state index contributed by atoms with van der Waals surface area (Å²) in [6.07, 6.45) is 2.31. The van der Waals surface area contributed by atoms with E-state index >= 15 is 0 Å². The molecule has 2 heterocycles. The standard InChI is InChI=1S/C16H22N2O.ClH/c1-11-3-4-14(12(2)9-11)16(19)18-8-6-15-13(10-18)5-7-17-15;/h3-4,9,13,15,17H,5-8,10H2,1-2H3;1H.